The van der Waals surface area contributed by atoms with Gasteiger partial charge < -0.3 is 15.5 Å². The van der Waals surface area contributed by atoms with E-state index in [1.54, 1.807) is 6.07 Å². The molecule has 0 bridgehead atoms. The number of fused-ring (bicyclic) bond motifs is 1. The second kappa shape index (κ2) is 7.19. The zero-order chi connectivity index (χ0) is 14.8. The van der Waals surface area contributed by atoms with Crippen LogP contribution in [0.5, 0.6) is 0 Å². The standard InChI is InChI=1S/C12H16N2O5S.ClH/c15-4-3-14-20(18,19)10-2-1-8-6-11(12(16)17)13-7-9(8)5-10;/h1-2,5,11,13-15H,3-4,6-7H2,(H,16,17);1H/t11-;/m0./s1. The maximum atomic E-state index is 11.9. The first-order valence-electron chi connectivity index (χ1n) is 6.12. The van der Waals surface area contributed by atoms with Gasteiger partial charge >= 0.3 is 5.97 Å². The first kappa shape index (κ1) is 17.9. The Balaban J connectivity index is 0.00000220. The number of hydrogen-bond donors (Lipinski definition) is 4. The van der Waals surface area contributed by atoms with E-state index in [2.05, 4.69) is 10.0 Å². The Bertz CT molecular complexity index is 620. The van der Waals surface area contributed by atoms with Crippen LogP contribution in [0, 0.1) is 0 Å². The minimum atomic E-state index is -3.64. The van der Waals surface area contributed by atoms with Crippen LogP contribution in [0.1, 0.15) is 11.1 Å². The summed E-state index contributed by atoms with van der Waals surface area (Å²) >= 11 is 0. The number of hydrogen-bond acceptors (Lipinski definition) is 5. The number of rotatable bonds is 5. The third-order valence-corrected chi connectivity index (χ3v) is 4.61. The summed E-state index contributed by atoms with van der Waals surface area (Å²) in [7, 11) is -3.64. The van der Waals surface area contributed by atoms with Crippen molar-refractivity contribution in [3.63, 3.8) is 0 Å². The topological polar surface area (TPSA) is 116 Å². The van der Waals surface area contributed by atoms with Crippen molar-refractivity contribution < 1.29 is 23.4 Å². The van der Waals surface area contributed by atoms with Crippen molar-refractivity contribution in [2.24, 2.45) is 0 Å². The molecule has 21 heavy (non-hydrogen) atoms. The Morgan fingerprint density at radius 2 is 2.10 bits per heavy atom. The number of sulfonamides is 1. The third-order valence-electron chi connectivity index (χ3n) is 3.15. The van der Waals surface area contributed by atoms with Crippen molar-refractivity contribution in [2.45, 2.75) is 23.9 Å². The van der Waals surface area contributed by atoms with Crippen LogP contribution in [0.2, 0.25) is 0 Å². The molecule has 118 valence electrons. The van der Waals surface area contributed by atoms with E-state index >= 15 is 0 Å². The second-order valence-corrected chi connectivity index (χ2v) is 6.29. The number of carbonyl (C=O) groups is 1. The molecule has 0 saturated carbocycles. The van der Waals surface area contributed by atoms with E-state index in [1.807, 2.05) is 0 Å². The molecule has 9 heteroatoms. The van der Waals surface area contributed by atoms with Crippen LogP contribution in [-0.2, 0) is 27.8 Å². The van der Waals surface area contributed by atoms with Crippen LogP contribution in [0.4, 0.5) is 0 Å². The van der Waals surface area contributed by atoms with Gasteiger partial charge in [0.25, 0.3) is 0 Å². The summed E-state index contributed by atoms with van der Waals surface area (Å²) in [5, 5.41) is 20.5. The summed E-state index contributed by atoms with van der Waals surface area (Å²) in [6.45, 7) is 0.000431. The first-order chi connectivity index (χ1) is 9.44. The quantitative estimate of drug-likeness (QED) is 0.575. The molecule has 1 aliphatic rings. The van der Waals surface area contributed by atoms with Crippen LogP contribution in [0.3, 0.4) is 0 Å². The Morgan fingerprint density at radius 3 is 2.71 bits per heavy atom. The molecule has 0 aliphatic carbocycles. The number of aliphatic carboxylic acids is 1. The number of carboxylic acids is 1. The Hall–Kier alpha value is -1.19. The number of nitrogens with one attached hydrogen (secondary N) is 2. The minimum Gasteiger partial charge on any atom is -0.480 e. The Kier molecular flexibility index (Phi) is 6.11. The van der Waals surface area contributed by atoms with Gasteiger partial charge in [0.05, 0.1) is 11.5 Å². The minimum absolute atomic E-state index is 0. The maximum Gasteiger partial charge on any atom is 0.321 e. The zero-order valence-electron chi connectivity index (χ0n) is 11.1. The van der Waals surface area contributed by atoms with Crippen LogP contribution in [0.15, 0.2) is 23.1 Å². The van der Waals surface area contributed by atoms with Crippen LogP contribution >= 0.6 is 12.4 Å². The molecular formula is C12H17ClN2O5S. The Morgan fingerprint density at radius 1 is 1.38 bits per heavy atom. The lowest BCUT2D eigenvalue weighted by molar-refractivity contribution is -0.139. The molecule has 0 saturated heterocycles. The fourth-order valence-electron chi connectivity index (χ4n) is 2.10. The summed E-state index contributed by atoms with van der Waals surface area (Å²) in [6, 6.07) is 3.97. The lowest BCUT2D eigenvalue weighted by Crippen LogP contribution is -2.41. The molecule has 0 aromatic heterocycles. The van der Waals surface area contributed by atoms with Gasteiger partial charge in [0, 0.05) is 13.1 Å². The van der Waals surface area contributed by atoms with E-state index in [0.29, 0.717) is 13.0 Å². The fourth-order valence-corrected chi connectivity index (χ4v) is 3.17. The summed E-state index contributed by atoms with van der Waals surface area (Å²) in [5.41, 5.74) is 1.60. The zero-order valence-corrected chi connectivity index (χ0v) is 12.7. The molecule has 1 aromatic carbocycles. The molecule has 1 aromatic rings. The summed E-state index contributed by atoms with van der Waals surface area (Å²) in [5.74, 6) is -0.919. The van der Waals surface area contributed by atoms with Gasteiger partial charge in [0.1, 0.15) is 6.04 Å². The summed E-state index contributed by atoms with van der Waals surface area (Å²) < 4.78 is 26.1. The largest absolute Gasteiger partial charge is 0.480 e. The van der Waals surface area contributed by atoms with Gasteiger partial charge in [-0.3, -0.25) is 4.79 Å². The number of benzene rings is 1. The normalized spacial score (nSPS) is 17.7. The molecule has 1 heterocycles. The SMILES string of the molecule is Cl.O=C(O)[C@@H]1Cc2ccc(S(=O)(=O)NCCO)cc2CN1. The van der Waals surface area contributed by atoms with Crippen LogP contribution < -0.4 is 10.0 Å². The highest BCUT2D eigenvalue weighted by Gasteiger charge is 2.25. The molecule has 0 fully saturated rings. The van der Waals surface area contributed by atoms with Crippen molar-refractivity contribution in [1.82, 2.24) is 10.0 Å². The van der Waals surface area contributed by atoms with Crippen molar-refractivity contribution in [3.8, 4) is 0 Å². The summed E-state index contributed by atoms with van der Waals surface area (Å²) in [4.78, 5) is 11.0. The van der Waals surface area contributed by atoms with Gasteiger partial charge in [-0.2, -0.15) is 0 Å². The van der Waals surface area contributed by atoms with Gasteiger partial charge in [0.15, 0.2) is 0 Å². The highest BCUT2D eigenvalue weighted by atomic mass is 35.5. The molecule has 7 nitrogen and oxygen atoms in total. The van der Waals surface area contributed by atoms with E-state index in [1.165, 1.54) is 12.1 Å². The van der Waals surface area contributed by atoms with Crippen LogP contribution in [-0.4, -0.2) is 43.8 Å². The lowest BCUT2D eigenvalue weighted by atomic mass is 9.96. The molecular weight excluding hydrogens is 320 g/mol. The van der Waals surface area contributed by atoms with Gasteiger partial charge in [-0.25, -0.2) is 13.1 Å². The second-order valence-electron chi connectivity index (χ2n) is 4.53. The Labute approximate surface area is 128 Å². The van der Waals surface area contributed by atoms with E-state index in [0.717, 1.165) is 11.1 Å². The molecule has 0 amide bonds. The number of halogens is 1. The number of carboxylic acid groups (broad SMARTS) is 1. The first-order valence-corrected chi connectivity index (χ1v) is 7.61. The van der Waals surface area contributed by atoms with E-state index in [9.17, 15) is 13.2 Å². The smallest absolute Gasteiger partial charge is 0.321 e. The predicted molar refractivity (Wildman–Crippen MR) is 77.9 cm³/mol. The van der Waals surface area contributed by atoms with E-state index in [-0.39, 0.29) is 30.5 Å². The van der Waals surface area contributed by atoms with Gasteiger partial charge in [-0.1, -0.05) is 6.07 Å². The summed E-state index contributed by atoms with van der Waals surface area (Å²) in [6.07, 6.45) is 0.328. The van der Waals surface area contributed by atoms with Crippen molar-refractivity contribution in [3.05, 3.63) is 29.3 Å². The molecule has 0 unspecified atom stereocenters. The molecule has 1 atom stereocenters. The van der Waals surface area contributed by atoms with E-state index < -0.39 is 22.0 Å². The average molecular weight is 337 g/mol. The number of aliphatic hydroxyl groups excluding tert-OH is 1. The molecule has 1 aliphatic heterocycles. The van der Waals surface area contributed by atoms with Crippen molar-refractivity contribution >= 4 is 28.4 Å². The molecule has 0 radical (unpaired) electrons. The van der Waals surface area contributed by atoms with Gasteiger partial charge in [-0.15, -0.1) is 12.4 Å². The molecule has 2 rings (SSSR count). The van der Waals surface area contributed by atoms with Crippen molar-refractivity contribution in [1.29, 1.82) is 0 Å². The monoisotopic (exact) mass is 336 g/mol. The average Bonchev–Trinajstić information content (AvgIpc) is 2.44. The van der Waals surface area contributed by atoms with Gasteiger partial charge in [-0.05, 0) is 29.7 Å². The highest BCUT2D eigenvalue weighted by Crippen LogP contribution is 2.21. The third kappa shape index (κ3) is 4.14. The predicted octanol–water partition coefficient (Wildman–Crippen LogP) is -0.522. The molecule has 0 spiro atoms. The fraction of sp³-hybridized carbons (Fsp3) is 0.417. The van der Waals surface area contributed by atoms with Gasteiger partial charge in [0.2, 0.25) is 10.0 Å². The highest BCUT2D eigenvalue weighted by molar-refractivity contribution is 7.89. The number of aliphatic hydroxyl groups is 1. The molecule has 4 N–H and O–H groups in total. The maximum absolute atomic E-state index is 11.9. The lowest BCUT2D eigenvalue weighted by Gasteiger charge is -2.23. The van der Waals surface area contributed by atoms with Crippen molar-refractivity contribution in [2.75, 3.05) is 13.2 Å². The van der Waals surface area contributed by atoms with E-state index in [4.69, 9.17) is 10.2 Å². The van der Waals surface area contributed by atoms with Crippen LogP contribution in [0.25, 0.3) is 0 Å².